The standard InChI is InChI=1S/C10H6ClF2N3/c11-3-8-6(4-15)5-16-9(10(12)13)7(8)1-2-14/h5,10H,1,3H2. The van der Waals surface area contributed by atoms with Gasteiger partial charge in [-0.2, -0.15) is 10.5 Å². The van der Waals surface area contributed by atoms with Crippen LogP contribution in [0.15, 0.2) is 6.20 Å². The second-order valence-corrected chi connectivity index (χ2v) is 3.16. The monoisotopic (exact) mass is 241 g/mol. The fourth-order valence-corrected chi connectivity index (χ4v) is 1.63. The second kappa shape index (κ2) is 5.39. The molecule has 16 heavy (non-hydrogen) atoms. The molecule has 0 saturated heterocycles. The molecule has 0 radical (unpaired) electrons. The zero-order chi connectivity index (χ0) is 12.1. The van der Waals surface area contributed by atoms with Crippen molar-refractivity contribution in [3.05, 3.63) is 28.6 Å². The van der Waals surface area contributed by atoms with Gasteiger partial charge < -0.3 is 0 Å². The molecular weight excluding hydrogens is 236 g/mol. The zero-order valence-electron chi connectivity index (χ0n) is 8.04. The van der Waals surface area contributed by atoms with Gasteiger partial charge in [-0.1, -0.05) is 0 Å². The van der Waals surface area contributed by atoms with Gasteiger partial charge in [-0.15, -0.1) is 11.6 Å². The largest absolute Gasteiger partial charge is 0.280 e. The molecule has 0 unspecified atom stereocenters. The van der Waals surface area contributed by atoms with Gasteiger partial charge in [0, 0.05) is 12.1 Å². The number of hydrogen-bond acceptors (Lipinski definition) is 3. The van der Waals surface area contributed by atoms with Crippen molar-refractivity contribution in [2.45, 2.75) is 18.7 Å². The Morgan fingerprint density at radius 2 is 2.06 bits per heavy atom. The van der Waals surface area contributed by atoms with Crippen molar-refractivity contribution in [1.29, 1.82) is 10.5 Å². The van der Waals surface area contributed by atoms with E-state index in [1.165, 1.54) is 0 Å². The summed E-state index contributed by atoms with van der Waals surface area (Å²) >= 11 is 5.60. The summed E-state index contributed by atoms with van der Waals surface area (Å²) in [6, 6.07) is 3.57. The molecule has 0 aromatic carbocycles. The van der Waals surface area contributed by atoms with Crippen LogP contribution in [0.2, 0.25) is 0 Å². The molecule has 0 spiro atoms. The van der Waals surface area contributed by atoms with Crippen LogP contribution in [-0.4, -0.2) is 4.98 Å². The summed E-state index contributed by atoms with van der Waals surface area (Å²) in [4.78, 5) is 3.49. The van der Waals surface area contributed by atoms with E-state index in [1.54, 1.807) is 6.07 Å². The number of pyridine rings is 1. The molecule has 0 atom stereocenters. The van der Waals surface area contributed by atoms with E-state index in [1.807, 2.05) is 6.07 Å². The molecule has 0 bridgehead atoms. The number of nitrogens with zero attached hydrogens (tertiary/aromatic N) is 3. The van der Waals surface area contributed by atoms with Crippen LogP contribution in [0.1, 0.15) is 28.8 Å². The van der Waals surface area contributed by atoms with Crippen LogP contribution >= 0.6 is 11.6 Å². The average Bonchev–Trinajstić information content (AvgIpc) is 2.28. The third-order valence-corrected chi connectivity index (χ3v) is 2.32. The van der Waals surface area contributed by atoms with Crippen LogP contribution < -0.4 is 0 Å². The molecule has 0 aliphatic carbocycles. The lowest BCUT2D eigenvalue weighted by Crippen LogP contribution is -2.05. The molecule has 0 saturated carbocycles. The van der Waals surface area contributed by atoms with E-state index in [0.29, 0.717) is 0 Å². The Kier molecular flexibility index (Phi) is 4.16. The third-order valence-electron chi connectivity index (χ3n) is 2.05. The lowest BCUT2D eigenvalue weighted by molar-refractivity contribution is 0.145. The minimum Gasteiger partial charge on any atom is -0.254 e. The number of rotatable bonds is 3. The van der Waals surface area contributed by atoms with E-state index in [2.05, 4.69) is 4.98 Å². The van der Waals surface area contributed by atoms with Crippen molar-refractivity contribution in [2.75, 3.05) is 0 Å². The highest BCUT2D eigenvalue weighted by molar-refractivity contribution is 6.17. The van der Waals surface area contributed by atoms with Gasteiger partial charge in [-0.3, -0.25) is 4.98 Å². The summed E-state index contributed by atoms with van der Waals surface area (Å²) < 4.78 is 25.2. The summed E-state index contributed by atoms with van der Waals surface area (Å²) in [5.41, 5.74) is -0.0246. The molecule has 0 amide bonds. The minimum absolute atomic E-state index is 0.0616. The molecule has 1 rings (SSSR count). The first kappa shape index (κ1) is 12.4. The lowest BCUT2D eigenvalue weighted by atomic mass is 10.0. The summed E-state index contributed by atoms with van der Waals surface area (Å²) in [6.07, 6.45) is -1.96. The van der Waals surface area contributed by atoms with Crippen LogP contribution in [-0.2, 0) is 12.3 Å². The highest BCUT2D eigenvalue weighted by atomic mass is 35.5. The number of hydrogen-bond donors (Lipinski definition) is 0. The molecule has 0 aliphatic rings. The normalized spacial score (nSPS) is 9.88. The summed E-state index contributed by atoms with van der Waals surface area (Å²) in [5.74, 6) is -0.0951. The van der Waals surface area contributed by atoms with Crippen LogP contribution in [0, 0.1) is 22.7 Å². The topological polar surface area (TPSA) is 60.5 Å². The summed E-state index contributed by atoms with van der Waals surface area (Å²) in [5, 5.41) is 17.3. The van der Waals surface area contributed by atoms with Crippen molar-refractivity contribution in [1.82, 2.24) is 4.98 Å². The van der Waals surface area contributed by atoms with Crippen molar-refractivity contribution in [3.8, 4) is 12.1 Å². The molecule has 6 heteroatoms. The Morgan fingerprint density at radius 3 is 2.50 bits per heavy atom. The van der Waals surface area contributed by atoms with Crippen molar-refractivity contribution < 1.29 is 8.78 Å². The van der Waals surface area contributed by atoms with Gasteiger partial charge in [0.15, 0.2) is 0 Å². The molecule has 0 aliphatic heterocycles. The molecule has 82 valence electrons. The zero-order valence-corrected chi connectivity index (χ0v) is 8.80. The van der Waals surface area contributed by atoms with Crippen molar-refractivity contribution in [2.24, 2.45) is 0 Å². The lowest BCUT2D eigenvalue weighted by Gasteiger charge is -2.10. The van der Waals surface area contributed by atoms with Gasteiger partial charge in [-0.25, -0.2) is 8.78 Å². The Hall–Kier alpha value is -1.72. The maximum atomic E-state index is 12.6. The number of alkyl halides is 3. The number of aromatic nitrogens is 1. The maximum Gasteiger partial charge on any atom is 0.280 e. The Labute approximate surface area is 95.9 Å². The molecule has 3 nitrogen and oxygen atoms in total. The maximum absolute atomic E-state index is 12.6. The van der Waals surface area contributed by atoms with E-state index >= 15 is 0 Å². The van der Waals surface area contributed by atoms with E-state index in [-0.39, 0.29) is 29.0 Å². The quantitative estimate of drug-likeness (QED) is 0.765. The van der Waals surface area contributed by atoms with Gasteiger partial charge in [0.25, 0.3) is 6.43 Å². The summed E-state index contributed by atoms with van der Waals surface area (Å²) in [6.45, 7) is 0. The predicted octanol–water partition coefficient (Wildman–Crippen LogP) is 2.70. The van der Waals surface area contributed by atoms with Crippen molar-refractivity contribution in [3.63, 3.8) is 0 Å². The van der Waals surface area contributed by atoms with Crippen molar-refractivity contribution >= 4 is 11.6 Å². The first-order chi connectivity index (χ1) is 7.65. The minimum atomic E-state index is -2.78. The van der Waals surface area contributed by atoms with Gasteiger partial charge in [0.2, 0.25) is 0 Å². The Balaban J connectivity index is 3.46. The summed E-state index contributed by atoms with van der Waals surface area (Å²) in [7, 11) is 0. The average molecular weight is 242 g/mol. The van der Waals surface area contributed by atoms with E-state index in [0.717, 1.165) is 6.20 Å². The van der Waals surface area contributed by atoms with Crippen LogP contribution in [0.3, 0.4) is 0 Å². The molecule has 1 aromatic rings. The predicted molar refractivity (Wildman–Crippen MR) is 52.8 cm³/mol. The molecule has 1 aromatic heterocycles. The molecule has 0 fully saturated rings. The second-order valence-electron chi connectivity index (χ2n) is 2.90. The van der Waals surface area contributed by atoms with E-state index < -0.39 is 12.1 Å². The molecule has 1 heterocycles. The first-order valence-electron chi connectivity index (χ1n) is 4.27. The van der Waals surface area contributed by atoms with E-state index in [4.69, 9.17) is 22.1 Å². The highest BCUT2D eigenvalue weighted by Gasteiger charge is 2.20. The Morgan fingerprint density at radius 1 is 1.38 bits per heavy atom. The number of halogens is 3. The fraction of sp³-hybridized carbons (Fsp3) is 0.300. The first-order valence-corrected chi connectivity index (χ1v) is 4.81. The molecular formula is C10H6ClF2N3. The SMILES string of the molecule is N#CCc1c(C(F)F)ncc(C#N)c1CCl. The third kappa shape index (κ3) is 2.26. The van der Waals surface area contributed by atoms with Crippen LogP contribution in [0.5, 0.6) is 0 Å². The molecule has 0 N–H and O–H groups in total. The Bertz CT molecular complexity index is 474. The van der Waals surface area contributed by atoms with Gasteiger partial charge in [0.1, 0.15) is 11.8 Å². The smallest absolute Gasteiger partial charge is 0.254 e. The van der Waals surface area contributed by atoms with Crippen LogP contribution in [0.4, 0.5) is 8.78 Å². The van der Waals surface area contributed by atoms with Gasteiger partial charge in [-0.05, 0) is 11.1 Å². The van der Waals surface area contributed by atoms with E-state index in [9.17, 15) is 8.78 Å². The van der Waals surface area contributed by atoms with Crippen LogP contribution in [0.25, 0.3) is 0 Å². The van der Waals surface area contributed by atoms with Gasteiger partial charge in [0.05, 0.1) is 18.1 Å². The fourth-order valence-electron chi connectivity index (χ4n) is 1.32. The van der Waals surface area contributed by atoms with Gasteiger partial charge >= 0.3 is 0 Å². The number of nitriles is 2. The highest BCUT2D eigenvalue weighted by Crippen LogP contribution is 2.26.